The molecule has 0 aliphatic carbocycles. The van der Waals surface area contributed by atoms with Crippen LogP contribution in [0.25, 0.3) is 55.2 Å². The van der Waals surface area contributed by atoms with Gasteiger partial charge in [-0.1, -0.05) is 59.7 Å². The molecule has 10 aromatic heterocycles. The number of fused-ring (bicyclic) bond motifs is 5. The second-order valence-electron chi connectivity index (χ2n) is 21.8. The number of benzene rings is 4. The van der Waals surface area contributed by atoms with Crippen LogP contribution < -0.4 is 0 Å². The van der Waals surface area contributed by atoms with Gasteiger partial charge in [0.05, 0.1) is 48.4 Å². The third-order valence-electron chi connectivity index (χ3n) is 14.8. The fraction of sp³-hybridized carbons (Fsp3) is 0.113. The highest BCUT2D eigenvalue weighted by molar-refractivity contribution is 9.10. The SMILES string of the molecule is COC(=O)c1cnc2[nH]ccc2c1.COC(=O)c1cnc2c(ccn2S(=O)(=O)c2ccc(C)cc2)c1.Cc1ccc(S(=O)(=O)n2ccc3cc(Br)cnc32)cc1.O=C(Cc1cccc(F)c1F)c1c[nH]c2ncc(CO)cc12.O=C(Cl)Cc1cccc(F)c1F.OCc1cnc2[nH]ccc2c1. The van der Waals surface area contributed by atoms with Gasteiger partial charge in [-0.15, -0.1) is 0 Å². The summed E-state index contributed by atoms with van der Waals surface area (Å²) in [4.78, 5) is 75.1. The van der Waals surface area contributed by atoms with Crippen molar-refractivity contribution in [3.63, 3.8) is 0 Å². The van der Waals surface area contributed by atoms with Crippen LogP contribution in [-0.4, -0.2) is 112 Å². The first-order valence-corrected chi connectivity index (χ1v) is 33.9. The number of hydrogen-bond acceptors (Lipinski definition) is 17. The predicted octanol–water partition coefficient (Wildman–Crippen LogP) is 13.1. The van der Waals surface area contributed by atoms with Crippen LogP contribution >= 0.6 is 27.5 Å². The van der Waals surface area contributed by atoms with E-state index in [1.54, 1.807) is 97.5 Å². The van der Waals surface area contributed by atoms with Crippen molar-refractivity contribution in [1.29, 1.82) is 0 Å². The van der Waals surface area contributed by atoms with E-state index in [4.69, 9.17) is 21.8 Å². The molecule has 0 radical (unpaired) electrons. The largest absolute Gasteiger partial charge is 0.465 e. The molecule has 0 amide bonds. The van der Waals surface area contributed by atoms with Crippen molar-refractivity contribution >= 4 is 126 Å². The molecule has 0 unspecified atom stereocenters. The molecule has 0 fully saturated rings. The van der Waals surface area contributed by atoms with Gasteiger partial charge in [-0.05, 0) is 155 Å². The van der Waals surface area contributed by atoms with Gasteiger partial charge >= 0.3 is 11.9 Å². The highest BCUT2D eigenvalue weighted by Gasteiger charge is 2.23. The van der Waals surface area contributed by atoms with E-state index in [1.807, 2.05) is 44.3 Å². The number of esters is 2. The molecular formula is C71H58BrClF4N10O12S2. The Hall–Kier alpha value is -11.1. The van der Waals surface area contributed by atoms with Crippen molar-refractivity contribution in [1.82, 2.24) is 47.8 Å². The number of halogens is 6. The first-order chi connectivity index (χ1) is 48.3. The zero-order valence-corrected chi connectivity index (χ0v) is 57.5. The molecule has 0 atom stereocenters. The summed E-state index contributed by atoms with van der Waals surface area (Å²) in [7, 11) is -4.72. The number of ketones is 1. The normalized spacial score (nSPS) is 11.0. The van der Waals surface area contributed by atoms with Gasteiger partial charge in [0, 0.05) is 112 Å². The second kappa shape index (κ2) is 33.2. The van der Waals surface area contributed by atoms with Crippen LogP contribution in [0.3, 0.4) is 0 Å². The highest BCUT2D eigenvalue weighted by atomic mass is 79.9. The number of aromatic amines is 3. The fourth-order valence-electron chi connectivity index (χ4n) is 9.63. The number of Topliss-reactive ketones (excluding diaryl/α,β-unsaturated/α-hetero) is 1. The molecule has 5 N–H and O–H groups in total. The fourth-order valence-corrected chi connectivity index (χ4v) is 12.7. The molecule has 30 heteroatoms. The summed E-state index contributed by atoms with van der Waals surface area (Å²) >= 11 is 8.33. The number of pyridine rings is 5. The van der Waals surface area contributed by atoms with E-state index in [2.05, 4.69) is 65.3 Å². The molecule has 0 aliphatic rings. The number of carbonyl (C=O) groups is 4. The summed E-state index contributed by atoms with van der Waals surface area (Å²) < 4.78 is 115. The lowest BCUT2D eigenvalue weighted by atomic mass is 10.0. The van der Waals surface area contributed by atoms with E-state index in [0.29, 0.717) is 38.8 Å². The Labute approximate surface area is 586 Å². The number of nitrogens with one attached hydrogen (secondary N) is 3. The first kappa shape index (κ1) is 74.2. The summed E-state index contributed by atoms with van der Waals surface area (Å²) in [5, 5.41) is 21.0. The quantitative estimate of drug-likeness (QED) is 0.0310. The summed E-state index contributed by atoms with van der Waals surface area (Å²) in [6, 6.07) is 36.5. The van der Waals surface area contributed by atoms with Crippen LogP contribution in [-0.2, 0) is 60.4 Å². The monoisotopic (exact) mass is 1500 g/mol. The maximum atomic E-state index is 13.7. The number of methoxy groups -OCH3 is 2. The number of carbonyl (C=O) groups excluding carboxylic acids is 4. The van der Waals surface area contributed by atoms with Crippen molar-refractivity contribution in [2.24, 2.45) is 0 Å². The smallest absolute Gasteiger partial charge is 0.339 e. The maximum Gasteiger partial charge on any atom is 0.339 e. The highest BCUT2D eigenvalue weighted by Crippen LogP contribution is 2.27. The Morgan fingerprint density at radius 3 is 1.48 bits per heavy atom. The molecule has 4 aromatic carbocycles. The number of aliphatic hydroxyl groups excluding tert-OH is 2. The summed E-state index contributed by atoms with van der Waals surface area (Å²) in [5.41, 5.74) is 7.28. The van der Waals surface area contributed by atoms with Crippen molar-refractivity contribution in [2.45, 2.75) is 49.7 Å². The van der Waals surface area contributed by atoms with Crippen LogP contribution in [0.2, 0.25) is 0 Å². The number of ether oxygens (including phenoxy) is 2. The molecule has 22 nitrogen and oxygen atoms in total. The third kappa shape index (κ3) is 18.1. The van der Waals surface area contributed by atoms with E-state index in [1.165, 1.54) is 79.6 Å². The molecule has 0 saturated heterocycles. The molecule has 0 bridgehead atoms. The molecule has 14 aromatic rings. The number of H-pyrrole nitrogens is 3. The number of rotatable bonds is 13. The zero-order valence-electron chi connectivity index (χ0n) is 53.6. The first-order valence-electron chi connectivity index (χ1n) is 29.8. The Balaban J connectivity index is 0.000000144. The summed E-state index contributed by atoms with van der Waals surface area (Å²) in [6.45, 7) is 3.66. The lowest BCUT2D eigenvalue weighted by Gasteiger charge is -2.07. The minimum Gasteiger partial charge on any atom is -0.465 e. The van der Waals surface area contributed by atoms with Gasteiger partial charge in [0.2, 0.25) is 5.24 Å². The minimum absolute atomic E-state index is 0.00521. The average molecular weight is 1500 g/mol. The number of aromatic nitrogens is 10. The van der Waals surface area contributed by atoms with Crippen LogP contribution in [0.4, 0.5) is 17.6 Å². The van der Waals surface area contributed by atoms with Gasteiger partial charge in [0.15, 0.2) is 40.3 Å². The maximum absolute atomic E-state index is 13.7. The number of hydrogen-bond donors (Lipinski definition) is 5. The Bertz CT molecular complexity index is 5580. The van der Waals surface area contributed by atoms with E-state index >= 15 is 0 Å². The molecular weight excluding hydrogens is 1440 g/mol. The topological polar surface area (TPSA) is 317 Å². The number of aryl methyl sites for hydroxylation is 2. The minimum atomic E-state index is -3.74. The average Bonchev–Trinajstić information content (AvgIpc) is 1.69. The molecule has 0 saturated carbocycles. The van der Waals surface area contributed by atoms with Crippen molar-refractivity contribution in [3.05, 3.63) is 279 Å². The summed E-state index contributed by atoms with van der Waals surface area (Å²) in [6.07, 6.45) is 15.1. The van der Waals surface area contributed by atoms with E-state index < -0.39 is 54.5 Å². The van der Waals surface area contributed by atoms with Gasteiger partial charge in [-0.2, -0.15) is 0 Å². The Kier molecular flexibility index (Phi) is 24.4. The van der Waals surface area contributed by atoms with Crippen molar-refractivity contribution < 1.29 is 73.3 Å². The summed E-state index contributed by atoms with van der Waals surface area (Å²) in [5.74, 6) is -5.20. The lowest BCUT2D eigenvalue weighted by molar-refractivity contribution is -0.111. The molecule has 518 valence electrons. The predicted molar refractivity (Wildman–Crippen MR) is 373 cm³/mol. The molecule has 14 rings (SSSR count). The Morgan fingerprint density at radius 1 is 0.525 bits per heavy atom. The number of nitrogens with zero attached hydrogens (tertiary/aromatic N) is 7. The zero-order chi connectivity index (χ0) is 72.7. The molecule has 101 heavy (non-hydrogen) atoms. The molecule has 10 heterocycles. The molecule has 0 aliphatic heterocycles. The van der Waals surface area contributed by atoms with Crippen molar-refractivity contribution in [2.75, 3.05) is 14.2 Å². The van der Waals surface area contributed by atoms with Gasteiger partial charge < -0.3 is 34.6 Å². The lowest BCUT2D eigenvalue weighted by Crippen LogP contribution is -2.12. The number of aliphatic hydroxyl groups is 2. The Morgan fingerprint density at radius 2 is 0.970 bits per heavy atom. The van der Waals surface area contributed by atoms with E-state index in [9.17, 15) is 53.6 Å². The standard InChI is InChI=1S/C16H12F2N2O2.C16H14N2O4S.C14H11BrN2O2S.C9H8N2O2.C8H5ClF2O.C8H8N2O/c17-13-3-1-2-10(15(13)18)5-14(22)12-7-20-16-11(12)4-9(8-21)6-19-16;1-11-3-5-14(6-4-11)23(20,21)18-8-7-12-9-13(16(19)22-2)10-17-15(12)18;1-10-2-4-13(5-3-10)20(18,19)17-7-6-11-8-12(15)9-16-14(11)17;1-13-9(12)7-4-6-2-3-10-8(6)11-5-7;9-7(12)4-5-2-1-3-6(10)8(5)11;11-5-6-3-7-1-2-9-8(7)10-4-6/h1-4,6-7,21H,5,8H2,(H,19,20);3-10H,1-2H3;2-9H,1H3;2-5H,1H3,(H,10,11);1-3H,4H2;1-4,11H,5H2,(H,9,10). The van der Waals surface area contributed by atoms with Crippen LogP contribution in [0.5, 0.6) is 0 Å². The molecule has 0 spiro atoms. The van der Waals surface area contributed by atoms with Gasteiger partial charge in [0.25, 0.3) is 20.0 Å². The van der Waals surface area contributed by atoms with E-state index in [-0.39, 0.29) is 69.9 Å². The van der Waals surface area contributed by atoms with Crippen LogP contribution in [0, 0.1) is 37.1 Å². The van der Waals surface area contributed by atoms with Crippen LogP contribution in [0.1, 0.15) is 64.5 Å². The van der Waals surface area contributed by atoms with Gasteiger partial charge in [0.1, 0.15) is 16.9 Å². The van der Waals surface area contributed by atoms with Gasteiger partial charge in [-0.25, -0.2) is 76.9 Å². The second-order valence-corrected chi connectivity index (χ2v) is 26.7. The van der Waals surface area contributed by atoms with Crippen molar-refractivity contribution in [3.8, 4) is 0 Å². The van der Waals surface area contributed by atoms with E-state index in [0.717, 1.165) is 64.7 Å². The van der Waals surface area contributed by atoms with Gasteiger partial charge in [-0.3, -0.25) is 9.59 Å². The third-order valence-corrected chi connectivity index (χ3v) is 18.7. The van der Waals surface area contributed by atoms with Crippen LogP contribution in [0.15, 0.2) is 216 Å².